The van der Waals surface area contributed by atoms with E-state index in [1.807, 2.05) is 18.2 Å². The second-order valence-electron chi connectivity index (χ2n) is 2.75. The summed E-state index contributed by atoms with van der Waals surface area (Å²) in [5, 5.41) is 8.89. The Morgan fingerprint density at radius 2 is 2.00 bits per heavy atom. The summed E-state index contributed by atoms with van der Waals surface area (Å²) in [6, 6.07) is 11.3. The molecule has 14 heavy (non-hydrogen) atoms. The Kier molecular flexibility index (Phi) is 2.20. The molecule has 1 aromatic carbocycles. The lowest BCUT2D eigenvalue weighted by molar-refractivity contribution is 1.17. The number of rotatable bonds is 1. The fraction of sp³-hybridized carbons (Fsp3) is 0. The van der Waals surface area contributed by atoms with Gasteiger partial charge in [0.25, 0.3) is 0 Å². The summed E-state index contributed by atoms with van der Waals surface area (Å²) in [6.07, 6.45) is 3.14. The normalized spacial score (nSPS) is 9.36. The summed E-state index contributed by atoms with van der Waals surface area (Å²) in [4.78, 5) is 7.93. The van der Waals surface area contributed by atoms with Crippen LogP contribution in [0.1, 0.15) is 5.56 Å². The molecular formula is C11H7N3. The summed E-state index contributed by atoms with van der Waals surface area (Å²) in [6.45, 7) is 0. The molecule has 0 saturated carbocycles. The van der Waals surface area contributed by atoms with Crippen molar-refractivity contribution in [3.05, 3.63) is 48.4 Å². The van der Waals surface area contributed by atoms with E-state index in [1.165, 1.54) is 6.33 Å². The van der Waals surface area contributed by atoms with Crippen LogP contribution < -0.4 is 0 Å². The molecule has 0 aliphatic heterocycles. The number of nitriles is 1. The predicted molar refractivity (Wildman–Crippen MR) is 52.2 cm³/mol. The molecule has 0 spiro atoms. The summed E-state index contributed by atoms with van der Waals surface area (Å²) < 4.78 is 0. The van der Waals surface area contributed by atoms with Gasteiger partial charge in [0.1, 0.15) is 6.33 Å². The maximum Gasteiger partial charge on any atom is 0.116 e. The largest absolute Gasteiger partial charge is 0.245 e. The molecule has 0 atom stereocenters. The first kappa shape index (κ1) is 8.39. The number of nitrogens with zero attached hydrogens (tertiary/aromatic N) is 3. The van der Waals surface area contributed by atoms with Gasteiger partial charge in [-0.2, -0.15) is 5.26 Å². The van der Waals surface area contributed by atoms with Crippen molar-refractivity contribution in [2.45, 2.75) is 0 Å². The molecule has 0 aliphatic rings. The van der Waals surface area contributed by atoms with E-state index >= 15 is 0 Å². The SMILES string of the molecule is N#Cc1ccccc1-c1ccncn1. The van der Waals surface area contributed by atoms with Crippen LogP contribution in [0.5, 0.6) is 0 Å². The van der Waals surface area contributed by atoms with E-state index in [-0.39, 0.29) is 0 Å². The van der Waals surface area contributed by atoms with Crippen LogP contribution >= 0.6 is 0 Å². The number of hydrogen-bond acceptors (Lipinski definition) is 3. The molecule has 1 heterocycles. The van der Waals surface area contributed by atoms with Crippen LogP contribution in [0.15, 0.2) is 42.9 Å². The predicted octanol–water partition coefficient (Wildman–Crippen LogP) is 2.02. The molecule has 2 aromatic rings. The molecule has 0 unspecified atom stereocenters. The summed E-state index contributed by atoms with van der Waals surface area (Å²) in [5.74, 6) is 0. The fourth-order valence-corrected chi connectivity index (χ4v) is 1.25. The Morgan fingerprint density at radius 3 is 2.71 bits per heavy atom. The summed E-state index contributed by atoms with van der Waals surface area (Å²) in [7, 11) is 0. The first-order chi connectivity index (χ1) is 6.92. The number of hydrogen-bond donors (Lipinski definition) is 0. The lowest BCUT2D eigenvalue weighted by Gasteiger charge is -2.00. The highest BCUT2D eigenvalue weighted by Crippen LogP contribution is 2.19. The Balaban J connectivity index is 2.58. The molecule has 0 amide bonds. The van der Waals surface area contributed by atoms with Gasteiger partial charge in [-0.1, -0.05) is 18.2 Å². The minimum absolute atomic E-state index is 0.631. The Bertz CT molecular complexity index is 471. The van der Waals surface area contributed by atoms with Gasteiger partial charge in [-0.3, -0.25) is 0 Å². The van der Waals surface area contributed by atoms with Crippen LogP contribution in [0, 0.1) is 11.3 Å². The minimum atomic E-state index is 0.631. The van der Waals surface area contributed by atoms with Crippen molar-refractivity contribution in [2.75, 3.05) is 0 Å². The second kappa shape index (κ2) is 3.67. The molecule has 0 radical (unpaired) electrons. The minimum Gasteiger partial charge on any atom is -0.245 e. The molecule has 66 valence electrons. The van der Waals surface area contributed by atoms with Crippen LogP contribution in [0.2, 0.25) is 0 Å². The maximum atomic E-state index is 8.89. The Labute approximate surface area is 81.7 Å². The maximum absolute atomic E-state index is 8.89. The molecule has 3 nitrogen and oxygen atoms in total. The average Bonchev–Trinajstić information content (AvgIpc) is 2.30. The van der Waals surface area contributed by atoms with Gasteiger partial charge in [-0.15, -0.1) is 0 Å². The summed E-state index contributed by atoms with van der Waals surface area (Å²) in [5.41, 5.74) is 2.25. The van der Waals surface area contributed by atoms with E-state index in [0.717, 1.165) is 11.3 Å². The molecule has 0 saturated heterocycles. The molecule has 0 aliphatic carbocycles. The van der Waals surface area contributed by atoms with Gasteiger partial charge in [-0.25, -0.2) is 9.97 Å². The van der Waals surface area contributed by atoms with Crippen molar-refractivity contribution >= 4 is 0 Å². The summed E-state index contributed by atoms with van der Waals surface area (Å²) >= 11 is 0. The van der Waals surface area contributed by atoms with Crippen LogP contribution in [0.25, 0.3) is 11.3 Å². The molecular weight excluding hydrogens is 174 g/mol. The topological polar surface area (TPSA) is 49.6 Å². The third-order valence-corrected chi connectivity index (χ3v) is 1.91. The number of aromatic nitrogens is 2. The van der Waals surface area contributed by atoms with Crippen molar-refractivity contribution in [3.8, 4) is 17.3 Å². The van der Waals surface area contributed by atoms with E-state index in [1.54, 1.807) is 18.3 Å². The van der Waals surface area contributed by atoms with Crippen LogP contribution in [0.4, 0.5) is 0 Å². The molecule has 3 heteroatoms. The fourth-order valence-electron chi connectivity index (χ4n) is 1.25. The monoisotopic (exact) mass is 181 g/mol. The zero-order valence-electron chi connectivity index (χ0n) is 7.38. The van der Waals surface area contributed by atoms with E-state index < -0.39 is 0 Å². The second-order valence-corrected chi connectivity index (χ2v) is 2.75. The van der Waals surface area contributed by atoms with Crippen molar-refractivity contribution < 1.29 is 0 Å². The highest BCUT2D eigenvalue weighted by Gasteiger charge is 2.03. The Morgan fingerprint density at radius 1 is 1.14 bits per heavy atom. The first-order valence-corrected chi connectivity index (χ1v) is 4.17. The van der Waals surface area contributed by atoms with E-state index in [0.29, 0.717) is 5.56 Å². The number of benzene rings is 1. The van der Waals surface area contributed by atoms with Gasteiger partial charge in [0.2, 0.25) is 0 Å². The van der Waals surface area contributed by atoms with Crippen molar-refractivity contribution in [3.63, 3.8) is 0 Å². The zero-order valence-corrected chi connectivity index (χ0v) is 7.38. The van der Waals surface area contributed by atoms with Gasteiger partial charge in [0.05, 0.1) is 17.3 Å². The van der Waals surface area contributed by atoms with Crippen molar-refractivity contribution in [2.24, 2.45) is 0 Å². The third kappa shape index (κ3) is 1.46. The molecule has 2 rings (SSSR count). The van der Waals surface area contributed by atoms with Gasteiger partial charge >= 0.3 is 0 Å². The van der Waals surface area contributed by atoms with Crippen LogP contribution in [0.3, 0.4) is 0 Å². The third-order valence-electron chi connectivity index (χ3n) is 1.91. The van der Waals surface area contributed by atoms with E-state index in [4.69, 9.17) is 5.26 Å². The van der Waals surface area contributed by atoms with Gasteiger partial charge in [0, 0.05) is 11.8 Å². The van der Waals surface area contributed by atoms with Gasteiger partial charge < -0.3 is 0 Å². The van der Waals surface area contributed by atoms with Crippen LogP contribution in [-0.2, 0) is 0 Å². The smallest absolute Gasteiger partial charge is 0.116 e. The lowest BCUT2D eigenvalue weighted by Crippen LogP contribution is -1.87. The highest BCUT2D eigenvalue weighted by atomic mass is 14.8. The zero-order chi connectivity index (χ0) is 9.80. The first-order valence-electron chi connectivity index (χ1n) is 4.17. The van der Waals surface area contributed by atoms with Crippen molar-refractivity contribution in [1.29, 1.82) is 5.26 Å². The molecule has 1 aromatic heterocycles. The Hall–Kier alpha value is -2.21. The molecule has 0 bridgehead atoms. The standard InChI is InChI=1S/C11H7N3/c12-7-9-3-1-2-4-10(9)11-5-6-13-8-14-11/h1-6,8H. The van der Waals surface area contributed by atoms with Gasteiger partial charge in [-0.05, 0) is 12.1 Å². The van der Waals surface area contributed by atoms with E-state index in [9.17, 15) is 0 Å². The average molecular weight is 181 g/mol. The van der Waals surface area contributed by atoms with Crippen molar-refractivity contribution in [1.82, 2.24) is 9.97 Å². The van der Waals surface area contributed by atoms with Crippen LogP contribution in [-0.4, -0.2) is 9.97 Å². The van der Waals surface area contributed by atoms with Gasteiger partial charge in [0.15, 0.2) is 0 Å². The lowest BCUT2D eigenvalue weighted by atomic mass is 10.1. The molecule has 0 fully saturated rings. The quantitative estimate of drug-likeness (QED) is 0.676. The molecule has 0 N–H and O–H groups in total. The highest BCUT2D eigenvalue weighted by molar-refractivity contribution is 5.66. The van der Waals surface area contributed by atoms with E-state index in [2.05, 4.69) is 16.0 Å².